The van der Waals surface area contributed by atoms with Gasteiger partial charge in [-0.1, -0.05) is 15.9 Å². The molecule has 0 radical (unpaired) electrons. The summed E-state index contributed by atoms with van der Waals surface area (Å²) in [5.41, 5.74) is 0. The molecule has 3 nitrogen and oxygen atoms in total. The Hall–Kier alpha value is -0.740. The Morgan fingerprint density at radius 3 is 2.26 bits per heavy atom. The lowest BCUT2D eigenvalue weighted by atomic mass is 10.3. The third-order valence-corrected chi connectivity index (χ3v) is 3.58. The fourth-order valence-corrected chi connectivity index (χ4v) is 2.09. The van der Waals surface area contributed by atoms with E-state index in [4.69, 9.17) is 9.47 Å². The number of ether oxygens (including phenoxy) is 2. The highest BCUT2D eigenvalue weighted by Gasteiger charge is 2.08. The van der Waals surface area contributed by atoms with Gasteiger partial charge < -0.3 is 9.47 Å². The van der Waals surface area contributed by atoms with Crippen molar-refractivity contribution in [2.75, 3.05) is 32.1 Å². The van der Waals surface area contributed by atoms with E-state index in [-0.39, 0.29) is 0 Å². The lowest BCUT2D eigenvalue weighted by Gasteiger charge is -2.26. The van der Waals surface area contributed by atoms with E-state index in [0.29, 0.717) is 12.6 Å². The van der Waals surface area contributed by atoms with Crippen LogP contribution in [0.4, 0.5) is 0 Å². The SMILES string of the molecule is COc1ccc(OCCN(CCCBr)C(C)C)cc1. The molecule has 1 aromatic carbocycles. The van der Waals surface area contributed by atoms with Crippen LogP contribution in [0, 0.1) is 0 Å². The van der Waals surface area contributed by atoms with Gasteiger partial charge in [-0.05, 0) is 51.1 Å². The monoisotopic (exact) mass is 329 g/mol. The zero-order valence-electron chi connectivity index (χ0n) is 12.1. The van der Waals surface area contributed by atoms with Crippen molar-refractivity contribution in [1.29, 1.82) is 0 Å². The van der Waals surface area contributed by atoms with Gasteiger partial charge in [-0.3, -0.25) is 4.90 Å². The summed E-state index contributed by atoms with van der Waals surface area (Å²) in [5, 5.41) is 1.05. The minimum absolute atomic E-state index is 0.554. The summed E-state index contributed by atoms with van der Waals surface area (Å²) < 4.78 is 10.9. The molecule has 0 fully saturated rings. The molecule has 0 spiro atoms. The Kier molecular flexibility index (Phi) is 7.91. The van der Waals surface area contributed by atoms with E-state index in [0.717, 1.165) is 29.9 Å². The maximum atomic E-state index is 5.76. The van der Waals surface area contributed by atoms with Crippen LogP contribution in [0.15, 0.2) is 24.3 Å². The van der Waals surface area contributed by atoms with Gasteiger partial charge >= 0.3 is 0 Å². The average Bonchev–Trinajstić information content (AvgIpc) is 2.43. The second-order valence-electron chi connectivity index (χ2n) is 4.70. The number of halogens is 1. The van der Waals surface area contributed by atoms with Gasteiger partial charge in [0.2, 0.25) is 0 Å². The fraction of sp³-hybridized carbons (Fsp3) is 0.600. The number of nitrogens with zero attached hydrogens (tertiary/aromatic N) is 1. The molecule has 0 N–H and O–H groups in total. The van der Waals surface area contributed by atoms with E-state index < -0.39 is 0 Å². The molecule has 19 heavy (non-hydrogen) atoms. The van der Waals surface area contributed by atoms with Crippen molar-refractivity contribution in [3.8, 4) is 11.5 Å². The number of hydrogen-bond donors (Lipinski definition) is 0. The smallest absolute Gasteiger partial charge is 0.119 e. The van der Waals surface area contributed by atoms with Crippen molar-refractivity contribution >= 4 is 15.9 Å². The predicted molar refractivity (Wildman–Crippen MR) is 83.6 cm³/mol. The van der Waals surface area contributed by atoms with Crippen LogP contribution in [-0.4, -0.2) is 43.1 Å². The molecule has 0 bridgehead atoms. The van der Waals surface area contributed by atoms with Crippen molar-refractivity contribution in [2.24, 2.45) is 0 Å². The molecular weight excluding hydrogens is 306 g/mol. The second-order valence-corrected chi connectivity index (χ2v) is 5.49. The summed E-state index contributed by atoms with van der Waals surface area (Å²) in [6.07, 6.45) is 1.17. The van der Waals surface area contributed by atoms with Crippen LogP contribution < -0.4 is 9.47 Å². The first-order valence-electron chi connectivity index (χ1n) is 6.74. The molecule has 1 aromatic rings. The van der Waals surface area contributed by atoms with Crippen LogP contribution in [0.25, 0.3) is 0 Å². The molecule has 0 aliphatic carbocycles. The van der Waals surface area contributed by atoms with E-state index in [2.05, 4.69) is 34.7 Å². The number of alkyl halides is 1. The molecule has 0 amide bonds. The van der Waals surface area contributed by atoms with E-state index in [1.54, 1.807) is 7.11 Å². The largest absolute Gasteiger partial charge is 0.497 e. The van der Waals surface area contributed by atoms with Crippen LogP contribution in [0.5, 0.6) is 11.5 Å². The van der Waals surface area contributed by atoms with Crippen molar-refractivity contribution in [1.82, 2.24) is 4.90 Å². The van der Waals surface area contributed by atoms with Crippen LogP contribution in [0.3, 0.4) is 0 Å². The van der Waals surface area contributed by atoms with E-state index in [9.17, 15) is 0 Å². The third-order valence-electron chi connectivity index (χ3n) is 3.02. The molecule has 0 aliphatic rings. The van der Waals surface area contributed by atoms with Gasteiger partial charge in [0, 0.05) is 17.9 Å². The van der Waals surface area contributed by atoms with Gasteiger partial charge in [-0.25, -0.2) is 0 Å². The van der Waals surface area contributed by atoms with Gasteiger partial charge in [-0.15, -0.1) is 0 Å². The van der Waals surface area contributed by atoms with Gasteiger partial charge in [0.15, 0.2) is 0 Å². The van der Waals surface area contributed by atoms with Crippen LogP contribution in [-0.2, 0) is 0 Å². The highest BCUT2D eigenvalue weighted by molar-refractivity contribution is 9.09. The Labute approximate surface area is 125 Å². The fourth-order valence-electron chi connectivity index (χ4n) is 1.84. The topological polar surface area (TPSA) is 21.7 Å². The summed E-state index contributed by atoms with van der Waals surface area (Å²) in [7, 11) is 1.67. The van der Waals surface area contributed by atoms with Crippen LogP contribution >= 0.6 is 15.9 Å². The van der Waals surface area contributed by atoms with Crippen molar-refractivity contribution in [3.05, 3.63) is 24.3 Å². The lowest BCUT2D eigenvalue weighted by Crippen LogP contribution is -2.35. The van der Waals surface area contributed by atoms with E-state index >= 15 is 0 Å². The Morgan fingerprint density at radius 2 is 1.74 bits per heavy atom. The molecule has 0 saturated carbocycles. The first-order chi connectivity index (χ1) is 9.17. The molecule has 108 valence electrons. The normalized spacial score (nSPS) is 11.1. The van der Waals surface area contributed by atoms with Gasteiger partial charge in [0.25, 0.3) is 0 Å². The summed E-state index contributed by atoms with van der Waals surface area (Å²) in [4.78, 5) is 2.44. The number of benzene rings is 1. The standard InChI is InChI=1S/C15H24BrNO2/c1-13(2)17(10-4-9-16)11-12-19-15-7-5-14(18-3)6-8-15/h5-8,13H,4,9-12H2,1-3H3. The summed E-state index contributed by atoms with van der Waals surface area (Å²) >= 11 is 3.48. The zero-order chi connectivity index (χ0) is 14.1. The third kappa shape index (κ3) is 6.30. The zero-order valence-corrected chi connectivity index (χ0v) is 13.6. The van der Waals surface area contributed by atoms with Crippen molar-refractivity contribution < 1.29 is 9.47 Å². The van der Waals surface area contributed by atoms with E-state index in [1.807, 2.05) is 24.3 Å². The summed E-state index contributed by atoms with van der Waals surface area (Å²) in [6, 6.07) is 8.27. The number of hydrogen-bond acceptors (Lipinski definition) is 3. The number of rotatable bonds is 9. The molecule has 0 atom stereocenters. The molecule has 0 aromatic heterocycles. The highest BCUT2D eigenvalue weighted by atomic mass is 79.9. The van der Waals surface area contributed by atoms with Crippen molar-refractivity contribution in [2.45, 2.75) is 26.3 Å². The predicted octanol–water partition coefficient (Wildman–Crippen LogP) is 3.57. The Bertz CT molecular complexity index is 341. The molecule has 0 unspecified atom stereocenters. The first-order valence-corrected chi connectivity index (χ1v) is 7.86. The summed E-state index contributed by atoms with van der Waals surface area (Å²) in [5.74, 6) is 1.75. The minimum Gasteiger partial charge on any atom is -0.497 e. The first kappa shape index (κ1) is 16.3. The molecule has 0 saturated heterocycles. The maximum absolute atomic E-state index is 5.76. The lowest BCUT2D eigenvalue weighted by molar-refractivity contribution is 0.176. The van der Waals surface area contributed by atoms with E-state index in [1.165, 1.54) is 6.42 Å². The quantitative estimate of drug-likeness (QED) is 0.646. The summed E-state index contributed by atoms with van der Waals surface area (Å²) in [6.45, 7) is 7.22. The van der Waals surface area contributed by atoms with Crippen molar-refractivity contribution in [3.63, 3.8) is 0 Å². The van der Waals surface area contributed by atoms with Crippen LogP contribution in [0.2, 0.25) is 0 Å². The molecule has 4 heteroatoms. The highest BCUT2D eigenvalue weighted by Crippen LogP contribution is 2.17. The second kappa shape index (κ2) is 9.21. The molecule has 1 rings (SSSR count). The van der Waals surface area contributed by atoms with Gasteiger partial charge in [0.05, 0.1) is 7.11 Å². The molecule has 0 aliphatic heterocycles. The average molecular weight is 330 g/mol. The maximum Gasteiger partial charge on any atom is 0.119 e. The minimum atomic E-state index is 0.554. The number of methoxy groups -OCH3 is 1. The van der Waals surface area contributed by atoms with Crippen LogP contribution in [0.1, 0.15) is 20.3 Å². The Morgan fingerprint density at radius 1 is 1.11 bits per heavy atom. The van der Waals surface area contributed by atoms with Gasteiger partial charge in [0.1, 0.15) is 18.1 Å². The van der Waals surface area contributed by atoms with Gasteiger partial charge in [-0.2, -0.15) is 0 Å². The Balaban J connectivity index is 2.33. The molecular formula is C15H24BrNO2. The molecule has 0 heterocycles.